The summed E-state index contributed by atoms with van der Waals surface area (Å²) in [6, 6.07) is 0. The molecule has 0 rings (SSSR count). The number of carboxylic acids is 3. The summed E-state index contributed by atoms with van der Waals surface area (Å²) in [6.07, 6.45) is 2.17. The first-order chi connectivity index (χ1) is 6.81. The summed E-state index contributed by atoms with van der Waals surface area (Å²) in [5.41, 5.74) is 0. The van der Waals surface area contributed by atoms with Crippen LogP contribution in [-0.2, 0) is 31.5 Å². The topological polar surface area (TPSA) is 120 Å². The number of rotatable bonds is 3. The second-order valence-electron chi connectivity index (χ2n) is 1.57. The number of carbonyl (C=O) groups is 3. The molecule has 89 valence electrons. The summed E-state index contributed by atoms with van der Waals surface area (Å²) < 4.78 is 0. The van der Waals surface area contributed by atoms with E-state index in [1.165, 1.54) is 0 Å². The SMILES string of the molecule is C=CC(=O)[O-].C=CC(=O)[O-].C=CC(=O)[O-].[Fe+3]. The van der Waals surface area contributed by atoms with Crippen LogP contribution in [0.2, 0.25) is 0 Å². The Morgan fingerprint density at radius 3 is 0.750 bits per heavy atom. The zero-order valence-corrected chi connectivity index (χ0v) is 9.26. The van der Waals surface area contributed by atoms with E-state index in [0.717, 1.165) is 18.2 Å². The molecule has 0 aliphatic heterocycles. The van der Waals surface area contributed by atoms with E-state index in [-0.39, 0.29) is 17.1 Å². The molecule has 0 heterocycles. The molecule has 0 fully saturated rings. The fraction of sp³-hybridized carbons (Fsp3) is 0. The molecule has 0 saturated heterocycles. The molecule has 0 aromatic heterocycles. The molecular weight excluding hydrogens is 260 g/mol. The van der Waals surface area contributed by atoms with Crippen LogP contribution in [0.25, 0.3) is 0 Å². The van der Waals surface area contributed by atoms with Gasteiger partial charge in [-0.2, -0.15) is 0 Å². The van der Waals surface area contributed by atoms with Crippen LogP contribution in [0.15, 0.2) is 38.0 Å². The van der Waals surface area contributed by atoms with E-state index in [9.17, 15) is 0 Å². The van der Waals surface area contributed by atoms with Crippen LogP contribution in [0.5, 0.6) is 0 Å². The number of aliphatic carboxylic acids is 3. The summed E-state index contributed by atoms with van der Waals surface area (Å²) >= 11 is 0. The maximum Gasteiger partial charge on any atom is 3.00 e. The molecule has 0 saturated carbocycles. The minimum absolute atomic E-state index is 0. The molecule has 0 spiro atoms. The Bertz CT molecular complexity index is 216. The monoisotopic (exact) mass is 269 g/mol. The third-order valence-corrected chi connectivity index (χ3v) is 0.500. The Morgan fingerprint density at radius 2 is 0.750 bits per heavy atom. The second kappa shape index (κ2) is 18.8. The smallest absolute Gasteiger partial charge is 0.545 e. The molecule has 0 aliphatic carbocycles. The maximum atomic E-state index is 9.14. The molecular formula is C9H9FeO6. The standard InChI is InChI=1S/3C3H4O2.Fe/c3*1-2-3(4)5;/h3*2H,1H2,(H,4,5);/q;;;+3/p-3. The normalized spacial score (nSPS) is 6.00. The molecule has 0 N–H and O–H groups in total. The summed E-state index contributed by atoms with van der Waals surface area (Å²) in [7, 11) is 0. The average Bonchev–Trinajstić information content (AvgIpc) is 2.19. The Balaban J connectivity index is -0.0000000655. The maximum absolute atomic E-state index is 9.14. The van der Waals surface area contributed by atoms with Crippen LogP contribution in [0, 0.1) is 0 Å². The predicted octanol–water partition coefficient (Wildman–Crippen LogP) is -3.24. The molecule has 7 heteroatoms. The van der Waals surface area contributed by atoms with Crippen molar-refractivity contribution in [3.05, 3.63) is 38.0 Å². The van der Waals surface area contributed by atoms with Gasteiger partial charge in [-0.15, -0.1) is 0 Å². The zero-order chi connectivity index (χ0) is 12.9. The predicted molar refractivity (Wildman–Crippen MR) is 45.6 cm³/mol. The van der Waals surface area contributed by atoms with Crippen LogP contribution in [0.1, 0.15) is 0 Å². The van der Waals surface area contributed by atoms with Gasteiger partial charge in [-0.3, -0.25) is 0 Å². The number of hydrogen-bond acceptors (Lipinski definition) is 6. The minimum Gasteiger partial charge on any atom is -0.545 e. The van der Waals surface area contributed by atoms with Gasteiger partial charge in [-0.1, -0.05) is 19.7 Å². The van der Waals surface area contributed by atoms with E-state index in [1.54, 1.807) is 0 Å². The van der Waals surface area contributed by atoms with Gasteiger partial charge in [0, 0.05) is 0 Å². The zero-order valence-electron chi connectivity index (χ0n) is 8.16. The number of hydrogen-bond donors (Lipinski definition) is 0. The molecule has 1 radical (unpaired) electrons. The van der Waals surface area contributed by atoms with Crippen molar-refractivity contribution >= 4 is 17.9 Å². The van der Waals surface area contributed by atoms with E-state index < -0.39 is 17.9 Å². The molecule has 16 heavy (non-hydrogen) atoms. The van der Waals surface area contributed by atoms with Crippen molar-refractivity contribution in [2.45, 2.75) is 0 Å². The average molecular weight is 269 g/mol. The van der Waals surface area contributed by atoms with Gasteiger partial charge in [0.15, 0.2) is 0 Å². The first-order valence-corrected chi connectivity index (χ1v) is 3.32. The van der Waals surface area contributed by atoms with E-state index in [2.05, 4.69) is 19.7 Å². The summed E-state index contributed by atoms with van der Waals surface area (Å²) in [5.74, 6) is -3.69. The quantitative estimate of drug-likeness (QED) is 0.392. The molecule has 0 aromatic rings. The minimum atomic E-state index is -1.23. The number of carboxylic acid groups (broad SMARTS) is 3. The van der Waals surface area contributed by atoms with Crippen molar-refractivity contribution in [1.29, 1.82) is 0 Å². The molecule has 0 unspecified atom stereocenters. The van der Waals surface area contributed by atoms with Crippen LogP contribution >= 0.6 is 0 Å². The fourth-order valence-electron chi connectivity index (χ4n) is 0. The molecule has 0 bridgehead atoms. The van der Waals surface area contributed by atoms with Gasteiger partial charge in [-0.25, -0.2) is 0 Å². The van der Waals surface area contributed by atoms with Gasteiger partial charge in [0.05, 0.1) is 17.9 Å². The third kappa shape index (κ3) is 87.7. The number of carbonyl (C=O) groups excluding carboxylic acids is 3. The Hall–Kier alpha value is -1.85. The van der Waals surface area contributed by atoms with Crippen molar-refractivity contribution in [3.63, 3.8) is 0 Å². The van der Waals surface area contributed by atoms with E-state index in [0.29, 0.717) is 0 Å². The van der Waals surface area contributed by atoms with Gasteiger partial charge < -0.3 is 29.7 Å². The molecule has 0 amide bonds. The van der Waals surface area contributed by atoms with Crippen molar-refractivity contribution in [3.8, 4) is 0 Å². The van der Waals surface area contributed by atoms with Crippen LogP contribution in [-0.4, -0.2) is 17.9 Å². The Labute approximate surface area is 103 Å². The summed E-state index contributed by atoms with van der Waals surface area (Å²) in [4.78, 5) is 27.4. The first kappa shape index (κ1) is 23.8. The van der Waals surface area contributed by atoms with Gasteiger partial charge in [0.1, 0.15) is 0 Å². The van der Waals surface area contributed by atoms with Gasteiger partial charge in [0.2, 0.25) is 0 Å². The van der Waals surface area contributed by atoms with Gasteiger partial charge in [0.25, 0.3) is 0 Å². The molecule has 0 atom stereocenters. The van der Waals surface area contributed by atoms with Crippen molar-refractivity contribution in [2.24, 2.45) is 0 Å². The van der Waals surface area contributed by atoms with E-state index in [4.69, 9.17) is 29.7 Å². The van der Waals surface area contributed by atoms with Crippen LogP contribution < -0.4 is 15.3 Å². The van der Waals surface area contributed by atoms with Crippen LogP contribution in [0.4, 0.5) is 0 Å². The van der Waals surface area contributed by atoms with Gasteiger partial charge >= 0.3 is 17.1 Å². The van der Waals surface area contributed by atoms with Crippen molar-refractivity contribution in [2.75, 3.05) is 0 Å². The Morgan fingerprint density at radius 1 is 0.688 bits per heavy atom. The molecule has 0 aromatic carbocycles. The van der Waals surface area contributed by atoms with E-state index >= 15 is 0 Å². The Kier molecular flexibility index (Phi) is 28.0. The largest absolute Gasteiger partial charge is 3.00 e. The first-order valence-electron chi connectivity index (χ1n) is 3.32. The third-order valence-electron chi connectivity index (χ3n) is 0.500. The van der Waals surface area contributed by atoms with Crippen molar-refractivity contribution in [1.82, 2.24) is 0 Å². The second-order valence-corrected chi connectivity index (χ2v) is 1.57. The van der Waals surface area contributed by atoms with E-state index in [1.807, 2.05) is 0 Å². The van der Waals surface area contributed by atoms with Crippen LogP contribution in [0.3, 0.4) is 0 Å². The molecule has 0 aliphatic rings. The van der Waals surface area contributed by atoms with Crippen molar-refractivity contribution < 1.29 is 46.8 Å². The summed E-state index contributed by atoms with van der Waals surface area (Å²) in [6.45, 7) is 8.69. The fourth-order valence-corrected chi connectivity index (χ4v) is 0. The molecule has 6 nitrogen and oxygen atoms in total. The van der Waals surface area contributed by atoms with Gasteiger partial charge in [-0.05, 0) is 18.2 Å². The summed E-state index contributed by atoms with van der Waals surface area (Å²) in [5, 5.41) is 27.4.